The molecular weight excluding hydrogens is 480 g/mol. The zero-order valence-corrected chi connectivity index (χ0v) is 23.0. The number of nitrogens with one attached hydrogen (secondary N) is 2. The van der Waals surface area contributed by atoms with Crippen LogP contribution in [0.4, 0.5) is 0 Å². The lowest BCUT2D eigenvalue weighted by Gasteiger charge is -2.28. The Hall–Kier alpha value is -3.39. The number of aromatic hydroxyl groups is 1. The molecule has 38 heavy (non-hydrogen) atoms. The summed E-state index contributed by atoms with van der Waals surface area (Å²) in [6.45, 7) is 8.74. The maximum atomic E-state index is 12.8. The number of carbonyl (C=O) groups excluding carboxylic acids is 1. The molecule has 5 N–H and O–H groups in total. The van der Waals surface area contributed by atoms with Crippen molar-refractivity contribution in [2.24, 2.45) is 0 Å². The molecule has 1 atom stereocenters. The summed E-state index contributed by atoms with van der Waals surface area (Å²) in [4.78, 5) is 12.8. The van der Waals surface area contributed by atoms with Crippen molar-refractivity contribution < 1.29 is 24.9 Å². The van der Waals surface area contributed by atoms with Crippen molar-refractivity contribution in [1.29, 1.82) is 0 Å². The van der Waals surface area contributed by atoms with Gasteiger partial charge < -0.3 is 30.7 Å². The molecule has 3 aromatic rings. The first-order valence-corrected chi connectivity index (χ1v) is 12.9. The van der Waals surface area contributed by atoms with Crippen LogP contribution in [0.15, 0.2) is 54.6 Å². The van der Waals surface area contributed by atoms with E-state index in [0.29, 0.717) is 36.2 Å². The molecule has 0 spiro atoms. The first-order chi connectivity index (χ1) is 18.0. The smallest absolute Gasteiger partial charge is 0.251 e. The number of benzene rings is 3. The zero-order valence-electron chi connectivity index (χ0n) is 23.0. The molecule has 7 nitrogen and oxygen atoms in total. The number of aliphatic hydroxyl groups is 2. The summed E-state index contributed by atoms with van der Waals surface area (Å²) in [6, 6.07) is 16.3. The number of hydrogen-bond donors (Lipinski definition) is 5. The molecule has 0 aromatic heterocycles. The van der Waals surface area contributed by atoms with Gasteiger partial charge in [0.25, 0.3) is 5.91 Å². The molecule has 204 valence electrons. The van der Waals surface area contributed by atoms with Crippen molar-refractivity contribution in [2.75, 3.05) is 20.2 Å². The molecule has 0 radical (unpaired) electrons. The monoisotopic (exact) mass is 520 g/mol. The summed E-state index contributed by atoms with van der Waals surface area (Å²) in [6.07, 6.45) is 0.598. The quantitative estimate of drug-likeness (QED) is 0.246. The van der Waals surface area contributed by atoms with Crippen LogP contribution in [0.5, 0.6) is 11.5 Å². The van der Waals surface area contributed by atoms with Crippen LogP contribution in [0.25, 0.3) is 0 Å². The minimum atomic E-state index is -0.796. The average Bonchev–Trinajstić information content (AvgIpc) is 2.90. The van der Waals surface area contributed by atoms with Gasteiger partial charge >= 0.3 is 0 Å². The Balaban J connectivity index is 1.55. The van der Waals surface area contributed by atoms with Crippen molar-refractivity contribution in [3.05, 3.63) is 93.5 Å². The highest BCUT2D eigenvalue weighted by atomic mass is 16.5. The molecule has 0 unspecified atom stereocenters. The molecule has 0 heterocycles. The van der Waals surface area contributed by atoms with E-state index in [-0.39, 0.29) is 23.8 Å². The van der Waals surface area contributed by atoms with Crippen molar-refractivity contribution in [2.45, 2.75) is 58.8 Å². The van der Waals surface area contributed by atoms with Gasteiger partial charge in [0.15, 0.2) is 0 Å². The molecule has 0 saturated carbocycles. The number of amides is 1. The predicted octanol–water partition coefficient (Wildman–Crippen LogP) is 4.13. The third kappa shape index (κ3) is 7.57. The molecule has 0 aliphatic carbocycles. The standard InChI is InChI=1S/C31H40N2O5/c1-20-21(2)29(38-5)12-10-23(20)13-14-32-30(37)25-8-6-7-22(15-25)17-31(3,4)33-18-28(36)24-9-11-27(35)26(16-24)19-34/h6-12,15-16,28,33-36H,13-14,17-19H2,1-5H3,(H,32,37)/t28-/m1/s1. The van der Waals surface area contributed by atoms with Crippen molar-refractivity contribution >= 4 is 5.91 Å². The van der Waals surface area contributed by atoms with E-state index in [2.05, 4.69) is 17.6 Å². The number of ether oxygens (including phenoxy) is 1. The summed E-state index contributed by atoms with van der Waals surface area (Å²) >= 11 is 0. The van der Waals surface area contributed by atoms with Gasteiger partial charge in [0.2, 0.25) is 0 Å². The Kier molecular flexibility index (Phi) is 9.91. The first kappa shape index (κ1) is 29.2. The van der Waals surface area contributed by atoms with Gasteiger partial charge in [0, 0.05) is 29.8 Å². The second-order valence-corrected chi connectivity index (χ2v) is 10.4. The molecule has 3 rings (SSSR count). The highest BCUT2D eigenvalue weighted by Crippen LogP contribution is 2.25. The molecule has 0 bridgehead atoms. The molecule has 0 fully saturated rings. The normalized spacial score (nSPS) is 12.3. The third-order valence-electron chi connectivity index (χ3n) is 7.02. The summed E-state index contributed by atoms with van der Waals surface area (Å²) in [5.74, 6) is 0.768. The van der Waals surface area contributed by atoms with Crippen LogP contribution in [-0.4, -0.2) is 47.0 Å². The lowest BCUT2D eigenvalue weighted by Crippen LogP contribution is -2.43. The van der Waals surface area contributed by atoms with Gasteiger partial charge in [-0.15, -0.1) is 0 Å². The largest absolute Gasteiger partial charge is 0.508 e. The topological polar surface area (TPSA) is 111 Å². The van der Waals surface area contributed by atoms with Crippen LogP contribution >= 0.6 is 0 Å². The van der Waals surface area contributed by atoms with Gasteiger partial charge in [0.05, 0.1) is 19.8 Å². The zero-order chi connectivity index (χ0) is 27.9. The molecule has 3 aromatic carbocycles. The molecular formula is C31H40N2O5. The van der Waals surface area contributed by atoms with Crippen LogP contribution in [0.1, 0.15) is 63.7 Å². The first-order valence-electron chi connectivity index (χ1n) is 12.9. The maximum absolute atomic E-state index is 12.8. The van der Waals surface area contributed by atoms with E-state index < -0.39 is 6.10 Å². The highest BCUT2D eigenvalue weighted by Gasteiger charge is 2.21. The van der Waals surface area contributed by atoms with Crippen molar-refractivity contribution in [3.8, 4) is 11.5 Å². The molecule has 0 aliphatic rings. The van der Waals surface area contributed by atoms with E-state index >= 15 is 0 Å². The third-order valence-corrected chi connectivity index (χ3v) is 7.02. The summed E-state index contributed by atoms with van der Waals surface area (Å²) in [5, 5.41) is 36.1. The fourth-order valence-corrected chi connectivity index (χ4v) is 4.58. The number of phenols is 1. The van der Waals surface area contributed by atoms with Crippen LogP contribution in [-0.2, 0) is 19.4 Å². The summed E-state index contributed by atoms with van der Waals surface area (Å²) in [5.41, 5.74) is 5.76. The van der Waals surface area contributed by atoms with Crippen LogP contribution in [0, 0.1) is 13.8 Å². The number of methoxy groups -OCH3 is 1. The van der Waals surface area contributed by atoms with E-state index in [9.17, 15) is 20.1 Å². The van der Waals surface area contributed by atoms with Crippen molar-refractivity contribution in [3.63, 3.8) is 0 Å². The fraction of sp³-hybridized carbons (Fsp3) is 0.387. The van der Waals surface area contributed by atoms with Crippen molar-refractivity contribution in [1.82, 2.24) is 10.6 Å². The SMILES string of the molecule is COc1ccc(CCNC(=O)c2cccc(CC(C)(C)NC[C@@H](O)c3ccc(O)c(CO)c3)c2)c(C)c1C. The minimum Gasteiger partial charge on any atom is -0.508 e. The Morgan fingerprint density at radius 2 is 1.79 bits per heavy atom. The lowest BCUT2D eigenvalue weighted by molar-refractivity contribution is 0.0954. The number of rotatable bonds is 12. The van der Waals surface area contributed by atoms with E-state index in [1.807, 2.05) is 57.2 Å². The Bertz CT molecular complexity index is 1260. The van der Waals surface area contributed by atoms with E-state index in [1.165, 1.54) is 17.2 Å². The number of aliphatic hydroxyl groups excluding tert-OH is 2. The van der Waals surface area contributed by atoms with Crippen LogP contribution in [0.2, 0.25) is 0 Å². The Morgan fingerprint density at radius 3 is 2.50 bits per heavy atom. The Morgan fingerprint density at radius 1 is 1.03 bits per heavy atom. The highest BCUT2D eigenvalue weighted by molar-refractivity contribution is 5.94. The summed E-state index contributed by atoms with van der Waals surface area (Å²) < 4.78 is 5.38. The van der Waals surface area contributed by atoms with E-state index in [1.54, 1.807) is 19.2 Å². The average molecular weight is 521 g/mol. The molecule has 0 aliphatic heterocycles. The van der Waals surface area contributed by atoms with Gasteiger partial charge in [-0.3, -0.25) is 4.79 Å². The molecule has 0 saturated heterocycles. The molecule has 1 amide bonds. The van der Waals surface area contributed by atoms with E-state index in [0.717, 1.165) is 23.3 Å². The number of hydrogen-bond acceptors (Lipinski definition) is 6. The predicted molar refractivity (Wildman–Crippen MR) is 150 cm³/mol. The number of β-amino-alcohol motifs (C(OH)–C–C–N with tert-alkyl or cyclic N) is 1. The maximum Gasteiger partial charge on any atom is 0.251 e. The second-order valence-electron chi connectivity index (χ2n) is 10.4. The van der Waals surface area contributed by atoms with Gasteiger partial charge in [-0.25, -0.2) is 0 Å². The summed E-state index contributed by atoms with van der Waals surface area (Å²) in [7, 11) is 1.67. The molecule has 7 heteroatoms. The van der Waals surface area contributed by atoms with Gasteiger partial charge in [-0.05, 0) is 98.7 Å². The Labute approximate surface area is 225 Å². The van der Waals surface area contributed by atoms with Crippen LogP contribution < -0.4 is 15.4 Å². The van der Waals surface area contributed by atoms with E-state index in [4.69, 9.17) is 4.74 Å². The fourth-order valence-electron chi connectivity index (χ4n) is 4.58. The van der Waals surface area contributed by atoms with Gasteiger partial charge in [-0.1, -0.05) is 24.3 Å². The van der Waals surface area contributed by atoms with Crippen LogP contribution in [0.3, 0.4) is 0 Å². The second kappa shape index (κ2) is 12.9. The lowest BCUT2D eigenvalue weighted by atomic mass is 9.93. The van der Waals surface area contributed by atoms with Gasteiger partial charge in [0.1, 0.15) is 11.5 Å². The number of carbonyl (C=O) groups is 1. The van der Waals surface area contributed by atoms with Gasteiger partial charge in [-0.2, -0.15) is 0 Å². The minimum absolute atomic E-state index is 0.00611.